The predicted molar refractivity (Wildman–Crippen MR) is 114 cm³/mol. The van der Waals surface area contributed by atoms with Crippen LogP contribution in [0.15, 0.2) is 60.7 Å². The monoisotopic (exact) mass is 409 g/mol. The van der Waals surface area contributed by atoms with Crippen molar-refractivity contribution in [2.45, 2.75) is 6.42 Å². The van der Waals surface area contributed by atoms with Gasteiger partial charge in [0, 0.05) is 20.8 Å². The van der Waals surface area contributed by atoms with Gasteiger partial charge in [-0.05, 0) is 52.9 Å². The molecule has 1 N–H and O–H groups in total. The van der Waals surface area contributed by atoms with Crippen molar-refractivity contribution in [3.8, 4) is 11.1 Å². The van der Waals surface area contributed by atoms with Crippen molar-refractivity contribution in [2.75, 3.05) is 5.32 Å². The van der Waals surface area contributed by atoms with Crippen molar-refractivity contribution in [1.82, 2.24) is 0 Å². The second-order valence-corrected chi connectivity index (χ2v) is 8.41. The van der Waals surface area contributed by atoms with Crippen molar-refractivity contribution >= 4 is 56.2 Å². The summed E-state index contributed by atoms with van der Waals surface area (Å²) in [5.41, 5.74) is 5.83. The number of anilines is 1. The Balaban J connectivity index is 1.45. The van der Waals surface area contributed by atoms with E-state index in [9.17, 15) is 4.79 Å². The van der Waals surface area contributed by atoms with Crippen LogP contribution in [0.2, 0.25) is 10.0 Å². The molecule has 0 spiro atoms. The Bertz CT molecular complexity index is 1230. The van der Waals surface area contributed by atoms with E-state index in [2.05, 4.69) is 35.6 Å². The van der Waals surface area contributed by atoms with Gasteiger partial charge in [0.25, 0.3) is 5.91 Å². The Kier molecular flexibility index (Phi) is 3.97. The van der Waals surface area contributed by atoms with Gasteiger partial charge in [0.1, 0.15) is 4.88 Å². The maximum atomic E-state index is 12.8. The van der Waals surface area contributed by atoms with Crippen LogP contribution in [0.5, 0.6) is 0 Å². The Morgan fingerprint density at radius 2 is 1.74 bits per heavy atom. The molecule has 0 fully saturated rings. The Morgan fingerprint density at radius 1 is 0.926 bits per heavy atom. The first-order chi connectivity index (χ1) is 13.1. The molecule has 1 aliphatic rings. The Hall–Kier alpha value is -2.33. The van der Waals surface area contributed by atoms with Gasteiger partial charge >= 0.3 is 0 Å². The van der Waals surface area contributed by atoms with E-state index in [0.29, 0.717) is 14.9 Å². The van der Waals surface area contributed by atoms with E-state index in [-0.39, 0.29) is 5.91 Å². The minimum atomic E-state index is -0.201. The minimum Gasteiger partial charge on any atom is -0.321 e. The summed E-state index contributed by atoms with van der Waals surface area (Å²) in [6.45, 7) is 0. The van der Waals surface area contributed by atoms with Gasteiger partial charge in [0.2, 0.25) is 0 Å². The topological polar surface area (TPSA) is 29.1 Å². The second kappa shape index (κ2) is 6.38. The summed E-state index contributed by atoms with van der Waals surface area (Å²) in [6, 6.07) is 19.9. The smallest absolute Gasteiger partial charge is 0.267 e. The number of hydrogen-bond donors (Lipinski definition) is 1. The molecule has 1 aliphatic carbocycles. The summed E-state index contributed by atoms with van der Waals surface area (Å²) in [7, 11) is 0. The average molecular weight is 410 g/mol. The van der Waals surface area contributed by atoms with Crippen LogP contribution in [-0.4, -0.2) is 5.91 Å². The lowest BCUT2D eigenvalue weighted by Crippen LogP contribution is -2.10. The fraction of sp³-hybridized carbons (Fsp3) is 0.0455. The first kappa shape index (κ1) is 16.8. The summed E-state index contributed by atoms with van der Waals surface area (Å²) >= 11 is 13.8. The molecule has 5 rings (SSSR count). The second-order valence-electron chi connectivity index (χ2n) is 6.55. The van der Waals surface area contributed by atoms with Crippen molar-refractivity contribution in [3.05, 3.63) is 86.7 Å². The van der Waals surface area contributed by atoms with Crippen LogP contribution in [0.3, 0.4) is 0 Å². The van der Waals surface area contributed by atoms with E-state index in [0.717, 1.165) is 22.2 Å². The summed E-state index contributed by atoms with van der Waals surface area (Å²) in [5, 5.41) is 4.93. The third-order valence-electron chi connectivity index (χ3n) is 4.85. The lowest BCUT2D eigenvalue weighted by atomic mass is 10.1. The molecule has 0 unspecified atom stereocenters. The zero-order valence-electron chi connectivity index (χ0n) is 14.1. The largest absolute Gasteiger partial charge is 0.321 e. The van der Waals surface area contributed by atoms with Crippen LogP contribution >= 0.6 is 34.5 Å². The summed E-state index contributed by atoms with van der Waals surface area (Å²) in [4.78, 5) is 13.3. The third-order valence-corrected chi connectivity index (χ3v) is 6.74. The number of fused-ring (bicyclic) bond motifs is 4. The highest BCUT2D eigenvalue weighted by molar-refractivity contribution is 7.21. The number of hydrogen-bond acceptors (Lipinski definition) is 2. The molecule has 0 bridgehead atoms. The quantitative estimate of drug-likeness (QED) is 0.333. The van der Waals surface area contributed by atoms with Gasteiger partial charge < -0.3 is 5.32 Å². The van der Waals surface area contributed by atoms with Crippen molar-refractivity contribution in [1.29, 1.82) is 0 Å². The fourth-order valence-corrected chi connectivity index (χ4v) is 5.28. The van der Waals surface area contributed by atoms with E-state index >= 15 is 0 Å². The van der Waals surface area contributed by atoms with E-state index in [4.69, 9.17) is 23.2 Å². The highest BCUT2D eigenvalue weighted by Gasteiger charge is 2.20. The molecule has 0 saturated heterocycles. The molecule has 27 heavy (non-hydrogen) atoms. The molecule has 0 atom stereocenters. The number of thiophene rings is 1. The fourth-order valence-electron chi connectivity index (χ4n) is 3.60. The first-order valence-electron chi connectivity index (χ1n) is 8.50. The number of carbonyl (C=O) groups is 1. The first-order valence-corrected chi connectivity index (χ1v) is 10.1. The van der Waals surface area contributed by atoms with Crippen LogP contribution in [0.1, 0.15) is 20.8 Å². The normalized spacial score (nSPS) is 12.1. The molecular formula is C22H13Cl2NOS. The molecule has 2 nitrogen and oxygen atoms in total. The van der Waals surface area contributed by atoms with Crippen LogP contribution in [0.25, 0.3) is 21.2 Å². The van der Waals surface area contributed by atoms with Crippen LogP contribution in [-0.2, 0) is 6.42 Å². The molecule has 0 aliphatic heterocycles. The molecule has 1 heterocycles. The maximum Gasteiger partial charge on any atom is 0.267 e. The highest BCUT2D eigenvalue weighted by atomic mass is 35.5. The van der Waals surface area contributed by atoms with E-state index in [1.165, 1.54) is 33.6 Å². The van der Waals surface area contributed by atoms with Gasteiger partial charge in [-0.25, -0.2) is 0 Å². The SMILES string of the molecule is O=C(Nc1ccc2c(c1)Cc1ccccc1-2)c1sc2cc(Cl)ccc2c1Cl. The molecular weight excluding hydrogens is 397 g/mol. The Labute approximate surface area is 170 Å². The van der Waals surface area contributed by atoms with Crippen LogP contribution in [0.4, 0.5) is 5.69 Å². The standard InChI is InChI=1S/C22H13Cl2NOS/c23-14-5-7-18-19(11-14)27-21(20(18)24)22(26)25-15-6-8-17-13(10-15)9-12-3-1-2-4-16(12)17/h1-8,10-11H,9H2,(H,25,26). The van der Waals surface area contributed by atoms with Crippen molar-refractivity contribution < 1.29 is 4.79 Å². The Morgan fingerprint density at radius 3 is 2.63 bits per heavy atom. The molecule has 1 amide bonds. The van der Waals surface area contributed by atoms with Gasteiger partial charge in [-0.1, -0.05) is 59.6 Å². The minimum absolute atomic E-state index is 0.201. The maximum absolute atomic E-state index is 12.8. The number of halogens is 2. The lowest BCUT2D eigenvalue weighted by Gasteiger charge is -2.07. The van der Waals surface area contributed by atoms with Crippen molar-refractivity contribution in [2.24, 2.45) is 0 Å². The molecule has 3 aromatic carbocycles. The van der Waals surface area contributed by atoms with E-state index in [1.54, 1.807) is 6.07 Å². The zero-order valence-corrected chi connectivity index (χ0v) is 16.4. The molecule has 1 aromatic heterocycles. The highest BCUT2D eigenvalue weighted by Crippen LogP contribution is 2.39. The molecule has 4 aromatic rings. The van der Waals surface area contributed by atoms with Gasteiger partial charge in [-0.3, -0.25) is 4.79 Å². The van der Waals surface area contributed by atoms with Crippen LogP contribution < -0.4 is 5.32 Å². The molecule has 0 radical (unpaired) electrons. The summed E-state index contributed by atoms with van der Waals surface area (Å²) in [5.74, 6) is -0.201. The molecule has 132 valence electrons. The van der Waals surface area contributed by atoms with Gasteiger partial charge in [-0.2, -0.15) is 0 Å². The predicted octanol–water partition coefficient (Wildman–Crippen LogP) is 7.03. The van der Waals surface area contributed by atoms with Gasteiger partial charge in [-0.15, -0.1) is 11.3 Å². The van der Waals surface area contributed by atoms with Crippen molar-refractivity contribution in [3.63, 3.8) is 0 Å². The lowest BCUT2D eigenvalue weighted by molar-refractivity contribution is 0.103. The zero-order chi connectivity index (χ0) is 18.5. The van der Waals surface area contributed by atoms with Gasteiger partial charge in [0.15, 0.2) is 0 Å². The van der Waals surface area contributed by atoms with E-state index in [1.807, 2.05) is 24.3 Å². The van der Waals surface area contributed by atoms with Gasteiger partial charge in [0.05, 0.1) is 5.02 Å². The summed E-state index contributed by atoms with van der Waals surface area (Å²) < 4.78 is 0.905. The average Bonchev–Trinajstić information content (AvgIpc) is 3.18. The third kappa shape index (κ3) is 2.83. The summed E-state index contributed by atoms with van der Waals surface area (Å²) in [6.07, 6.45) is 0.886. The van der Waals surface area contributed by atoms with E-state index < -0.39 is 0 Å². The number of benzene rings is 3. The number of amides is 1. The molecule has 5 heteroatoms. The molecule has 0 saturated carbocycles. The number of rotatable bonds is 2. The van der Waals surface area contributed by atoms with Crippen LogP contribution in [0, 0.1) is 0 Å². The number of nitrogens with one attached hydrogen (secondary N) is 1. The number of carbonyl (C=O) groups excluding carboxylic acids is 1.